The van der Waals surface area contributed by atoms with Crippen LogP contribution in [0.4, 0.5) is 10.2 Å². The number of anilines is 1. The van der Waals surface area contributed by atoms with Gasteiger partial charge in [-0.25, -0.2) is 9.37 Å². The molecule has 1 unspecified atom stereocenters. The van der Waals surface area contributed by atoms with Crippen LogP contribution < -0.4 is 11.1 Å². The monoisotopic (exact) mass is 482 g/mol. The summed E-state index contributed by atoms with van der Waals surface area (Å²) in [5.41, 5.74) is 9.04. The molecule has 6 nitrogen and oxygen atoms in total. The molecule has 1 aliphatic heterocycles. The van der Waals surface area contributed by atoms with Crippen LogP contribution in [0.2, 0.25) is 5.02 Å². The Morgan fingerprint density at radius 1 is 1.26 bits per heavy atom. The second kappa shape index (κ2) is 10.1. The summed E-state index contributed by atoms with van der Waals surface area (Å²) >= 11 is 6.03. The molecule has 1 fully saturated rings. The van der Waals surface area contributed by atoms with Crippen molar-refractivity contribution in [2.75, 3.05) is 19.3 Å². The third-order valence-corrected chi connectivity index (χ3v) is 6.66. The van der Waals surface area contributed by atoms with Crippen molar-refractivity contribution in [3.05, 3.63) is 82.3 Å². The fourth-order valence-electron chi connectivity index (χ4n) is 4.35. The highest BCUT2D eigenvalue weighted by Gasteiger charge is 2.26. The molecule has 0 radical (unpaired) electrons. The Labute approximate surface area is 203 Å². The van der Waals surface area contributed by atoms with Gasteiger partial charge in [0.25, 0.3) is 5.91 Å². The SMILES string of the molecule is C[C@@H](NC(=O)c1ccc(-c2cc([C@H]3CCC(O)N(C)C3)cnc2N)cc1F)c1cccc(Cl)c1. The lowest BCUT2D eigenvalue weighted by atomic mass is 9.89. The lowest BCUT2D eigenvalue weighted by molar-refractivity contribution is -0.0128. The molecule has 0 bridgehead atoms. The van der Waals surface area contributed by atoms with E-state index in [2.05, 4.69) is 10.3 Å². The molecule has 34 heavy (non-hydrogen) atoms. The molecule has 0 aliphatic carbocycles. The van der Waals surface area contributed by atoms with Crippen molar-refractivity contribution in [3.63, 3.8) is 0 Å². The number of aromatic nitrogens is 1. The Balaban J connectivity index is 1.54. The van der Waals surface area contributed by atoms with Gasteiger partial charge in [0.05, 0.1) is 11.6 Å². The zero-order chi connectivity index (χ0) is 24.4. The molecular weight excluding hydrogens is 455 g/mol. The molecule has 3 atom stereocenters. The highest BCUT2D eigenvalue weighted by molar-refractivity contribution is 6.30. The number of nitrogens with zero attached hydrogens (tertiary/aromatic N) is 2. The third kappa shape index (κ3) is 5.22. The molecular formula is C26H28ClFN4O2. The van der Waals surface area contributed by atoms with Crippen LogP contribution in [-0.2, 0) is 0 Å². The Hall–Kier alpha value is -3.00. The van der Waals surface area contributed by atoms with Gasteiger partial charge >= 0.3 is 0 Å². The van der Waals surface area contributed by atoms with Crippen LogP contribution in [0, 0.1) is 5.82 Å². The number of aliphatic hydroxyl groups is 1. The fourth-order valence-corrected chi connectivity index (χ4v) is 4.55. The molecule has 4 N–H and O–H groups in total. The summed E-state index contributed by atoms with van der Waals surface area (Å²) < 4.78 is 15.0. The minimum absolute atomic E-state index is 0.0526. The number of benzene rings is 2. The van der Waals surface area contributed by atoms with Crippen LogP contribution in [-0.4, -0.2) is 40.7 Å². The lowest BCUT2D eigenvalue weighted by Crippen LogP contribution is -2.39. The normalized spacial score (nSPS) is 19.6. The zero-order valence-corrected chi connectivity index (χ0v) is 19.9. The van der Waals surface area contributed by atoms with Crippen LogP contribution in [0.15, 0.2) is 54.7 Å². The summed E-state index contributed by atoms with van der Waals surface area (Å²) in [6.45, 7) is 2.51. The fraction of sp³-hybridized carbons (Fsp3) is 0.308. The second-order valence-corrected chi connectivity index (χ2v) is 9.28. The molecule has 178 valence electrons. The van der Waals surface area contributed by atoms with Gasteiger partial charge in [-0.3, -0.25) is 9.69 Å². The molecule has 2 aromatic carbocycles. The lowest BCUT2D eigenvalue weighted by Gasteiger charge is -2.34. The number of amides is 1. The van der Waals surface area contributed by atoms with E-state index in [9.17, 15) is 9.90 Å². The number of nitrogens with one attached hydrogen (secondary N) is 1. The Morgan fingerprint density at radius 3 is 2.76 bits per heavy atom. The Kier molecular flexibility index (Phi) is 7.16. The smallest absolute Gasteiger partial charge is 0.254 e. The van der Waals surface area contributed by atoms with Gasteiger partial charge in [0, 0.05) is 23.3 Å². The molecule has 4 rings (SSSR count). The van der Waals surface area contributed by atoms with E-state index in [1.165, 1.54) is 12.1 Å². The number of rotatable bonds is 5. The highest BCUT2D eigenvalue weighted by Crippen LogP contribution is 2.33. The second-order valence-electron chi connectivity index (χ2n) is 8.84. The number of hydrogen-bond donors (Lipinski definition) is 3. The van der Waals surface area contributed by atoms with Gasteiger partial charge in [-0.2, -0.15) is 0 Å². The number of carbonyl (C=O) groups is 1. The Morgan fingerprint density at radius 2 is 2.06 bits per heavy atom. The van der Waals surface area contributed by atoms with Crippen molar-refractivity contribution in [2.45, 2.75) is 38.0 Å². The van der Waals surface area contributed by atoms with Gasteiger partial charge in [-0.1, -0.05) is 29.8 Å². The number of aliphatic hydroxyl groups excluding tert-OH is 1. The number of nitrogen functional groups attached to an aromatic ring is 1. The van der Waals surface area contributed by atoms with Gasteiger partial charge in [0.1, 0.15) is 17.9 Å². The number of likely N-dealkylation sites (tertiary alicyclic amines) is 1. The van der Waals surface area contributed by atoms with Crippen molar-refractivity contribution >= 4 is 23.3 Å². The first-order valence-corrected chi connectivity index (χ1v) is 11.6. The van der Waals surface area contributed by atoms with Gasteiger partial charge < -0.3 is 16.2 Å². The Bertz CT molecular complexity index is 1210. The van der Waals surface area contributed by atoms with Gasteiger partial charge in [-0.15, -0.1) is 0 Å². The first-order chi connectivity index (χ1) is 16.2. The van der Waals surface area contributed by atoms with Crippen LogP contribution in [0.25, 0.3) is 11.1 Å². The standard InChI is InChI=1S/C26H28ClFN4O2/c1-15(16-4-3-5-20(27)10-16)31-26(34)21-8-6-17(12-23(21)28)22-11-19(13-30-25(22)29)18-7-9-24(33)32(2)14-18/h3-6,8,10-13,15,18,24,33H,7,9,14H2,1-2H3,(H2,29,30)(H,31,34)/t15-,18+,24?/m1/s1. The molecule has 3 aromatic rings. The van der Waals surface area contributed by atoms with Crippen LogP contribution >= 0.6 is 11.6 Å². The summed E-state index contributed by atoms with van der Waals surface area (Å²) in [6, 6.07) is 13.2. The van der Waals surface area contributed by atoms with E-state index in [0.29, 0.717) is 34.9 Å². The average molecular weight is 483 g/mol. The van der Waals surface area contributed by atoms with E-state index in [-0.39, 0.29) is 17.5 Å². The molecule has 0 spiro atoms. The minimum atomic E-state index is -0.640. The first kappa shape index (κ1) is 24.1. The summed E-state index contributed by atoms with van der Waals surface area (Å²) in [7, 11) is 1.88. The minimum Gasteiger partial charge on any atom is -0.383 e. The van der Waals surface area contributed by atoms with Gasteiger partial charge in [-0.05, 0) is 79.8 Å². The van der Waals surface area contributed by atoms with Crippen molar-refractivity contribution in [1.29, 1.82) is 0 Å². The average Bonchev–Trinajstić information content (AvgIpc) is 2.81. The summed E-state index contributed by atoms with van der Waals surface area (Å²) in [4.78, 5) is 19.0. The van der Waals surface area contributed by atoms with E-state index < -0.39 is 18.0 Å². The maximum absolute atomic E-state index is 15.0. The number of nitrogens with two attached hydrogens (primary N) is 1. The number of pyridine rings is 1. The largest absolute Gasteiger partial charge is 0.383 e. The summed E-state index contributed by atoms with van der Waals surface area (Å²) in [5, 5.41) is 13.3. The maximum atomic E-state index is 15.0. The van der Waals surface area contributed by atoms with Gasteiger partial charge in [0.2, 0.25) is 0 Å². The molecule has 2 heterocycles. The number of halogens is 2. The topological polar surface area (TPSA) is 91.5 Å². The number of hydrogen-bond acceptors (Lipinski definition) is 5. The summed E-state index contributed by atoms with van der Waals surface area (Å²) in [5.74, 6) is -0.666. The molecule has 1 aliphatic rings. The van der Waals surface area contributed by atoms with E-state index in [4.69, 9.17) is 17.3 Å². The van der Waals surface area contributed by atoms with Crippen LogP contribution in [0.3, 0.4) is 0 Å². The number of piperidine rings is 1. The molecule has 8 heteroatoms. The predicted octanol–water partition coefficient (Wildman–Crippen LogP) is 4.74. The highest BCUT2D eigenvalue weighted by atomic mass is 35.5. The van der Waals surface area contributed by atoms with E-state index in [1.54, 1.807) is 30.5 Å². The third-order valence-electron chi connectivity index (χ3n) is 6.42. The molecule has 1 aromatic heterocycles. The van der Waals surface area contributed by atoms with Crippen LogP contribution in [0.5, 0.6) is 0 Å². The predicted molar refractivity (Wildman–Crippen MR) is 132 cm³/mol. The van der Waals surface area contributed by atoms with Gasteiger partial charge in [0.15, 0.2) is 0 Å². The van der Waals surface area contributed by atoms with Crippen molar-refractivity contribution in [3.8, 4) is 11.1 Å². The van der Waals surface area contributed by atoms with Crippen molar-refractivity contribution in [2.24, 2.45) is 0 Å². The van der Waals surface area contributed by atoms with E-state index >= 15 is 4.39 Å². The zero-order valence-electron chi connectivity index (χ0n) is 19.1. The van der Waals surface area contributed by atoms with E-state index in [1.807, 2.05) is 31.0 Å². The maximum Gasteiger partial charge on any atom is 0.254 e. The first-order valence-electron chi connectivity index (χ1n) is 11.2. The van der Waals surface area contributed by atoms with Crippen molar-refractivity contribution < 1.29 is 14.3 Å². The molecule has 1 amide bonds. The number of carbonyl (C=O) groups excluding carboxylic acids is 1. The van der Waals surface area contributed by atoms with Crippen molar-refractivity contribution in [1.82, 2.24) is 15.2 Å². The quantitative estimate of drug-likeness (QED) is 0.488. The number of likely N-dealkylation sites (N-methyl/N-ethyl adjacent to an activating group) is 1. The van der Waals surface area contributed by atoms with E-state index in [0.717, 1.165) is 17.5 Å². The van der Waals surface area contributed by atoms with Crippen LogP contribution in [0.1, 0.15) is 53.2 Å². The molecule has 0 saturated carbocycles. The molecule has 1 saturated heterocycles. The summed E-state index contributed by atoms with van der Waals surface area (Å²) in [6.07, 6.45) is 2.80.